The molecule has 0 spiro atoms. The molecule has 1 saturated heterocycles. The molecule has 1 aliphatic rings. The monoisotopic (exact) mass is 279 g/mol. The maximum absolute atomic E-state index is 12.6. The third kappa shape index (κ3) is 3.61. The fourth-order valence-electron chi connectivity index (χ4n) is 2.75. The van der Waals surface area contributed by atoms with E-state index in [0.717, 1.165) is 51.3 Å². The minimum absolute atomic E-state index is 0.134. The summed E-state index contributed by atoms with van der Waals surface area (Å²) in [6.07, 6.45) is 3.98. The number of β-amino-alcohol motifs (C(OH)–C–C–N with tert-alkyl or cyclic N) is 1. The molecule has 20 heavy (non-hydrogen) atoms. The molecule has 5 heteroatoms. The largest absolute Gasteiger partial charge is 0.395 e. The van der Waals surface area contributed by atoms with Crippen molar-refractivity contribution in [3.05, 3.63) is 24.0 Å². The zero-order valence-corrected chi connectivity index (χ0v) is 12.3. The number of aryl methyl sites for hydroxylation is 1. The molecule has 0 aliphatic carbocycles. The van der Waals surface area contributed by atoms with E-state index in [-0.39, 0.29) is 12.5 Å². The number of carbonyl (C=O) groups excluding carboxylic acids is 1. The molecule has 2 rings (SSSR count). The third-order valence-electron chi connectivity index (χ3n) is 3.81. The number of aliphatic hydroxyl groups excluding tert-OH is 1. The highest BCUT2D eigenvalue weighted by Crippen LogP contribution is 2.11. The quantitative estimate of drug-likeness (QED) is 0.876. The van der Waals surface area contributed by atoms with E-state index >= 15 is 0 Å². The maximum Gasteiger partial charge on any atom is 0.270 e. The lowest BCUT2D eigenvalue weighted by Gasteiger charge is -2.22. The predicted octanol–water partition coefficient (Wildman–Crippen LogP) is 1.04. The average molecular weight is 279 g/mol. The van der Waals surface area contributed by atoms with Gasteiger partial charge in [0.15, 0.2) is 0 Å². The first-order chi connectivity index (χ1) is 9.76. The van der Waals surface area contributed by atoms with Crippen LogP contribution in [0.2, 0.25) is 0 Å². The van der Waals surface area contributed by atoms with Crippen molar-refractivity contribution in [3.8, 4) is 0 Å². The Balaban J connectivity index is 2.00. The number of amides is 1. The number of nitrogens with zero attached hydrogens (tertiary/aromatic N) is 3. The van der Waals surface area contributed by atoms with Gasteiger partial charge in [-0.25, -0.2) is 0 Å². The second kappa shape index (κ2) is 7.45. The van der Waals surface area contributed by atoms with Crippen LogP contribution in [0.25, 0.3) is 0 Å². The normalized spacial score (nSPS) is 17.2. The lowest BCUT2D eigenvalue weighted by atomic mass is 10.3. The first-order valence-corrected chi connectivity index (χ1v) is 7.54. The highest BCUT2D eigenvalue weighted by Gasteiger charge is 2.21. The number of rotatable bonds is 5. The summed E-state index contributed by atoms with van der Waals surface area (Å²) in [7, 11) is 0. The number of aliphatic hydroxyl groups is 1. The third-order valence-corrected chi connectivity index (χ3v) is 3.81. The Morgan fingerprint density at radius 1 is 1.25 bits per heavy atom. The van der Waals surface area contributed by atoms with E-state index in [2.05, 4.69) is 11.8 Å². The lowest BCUT2D eigenvalue weighted by Crippen LogP contribution is -2.36. The first-order valence-electron chi connectivity index (χ1n) is 7.54. The van der Waals surface area contributed by atoms with Gasteiger partial charge in [-0.3, -0.25) is 9.69 Å². The Bertz CT molecular complexity index is 431. The number of hydrogen-bond donors (Lipinski definition) is 1. The van der Waals surface area contributed by atoms with Gasteiger partial charge in [-0.05, 0) is 31.5 Å². The van der Waals surface area contributed by atoms with Crippen LogP contribution in [0.5, 0.6) is 0 Å². The summed E-state index contributed by atoms with van der Waals surface area (Å²) in [6, 6.07) is 3.85. The topological polar surface area (TPSA) is 48.7 Å². The molecule has 1 aliphatic heterocycles. The Labute approximate surface area is 120 Å². The van der Waals surface area contributed by atoms with Gasteiger partial charge in [0.2, 0.25) is 0 Å². The van der Waals surface area contributed by atoms with Crippen LogP contribution in [0.15, 0.2) is 18.3 Å². The molecule has 0 unspecified atom stereocenters. The maximum atomic E-state index is 12.6. The molecule has 1 amide bonds. The molecule has 0 atom stereocenters. The van der Waals surface area contributed by atoms with Gasteiger partial charge in [0.1, 0.15) is 5.69 Å². The summed E-state index contributed by atoms with van der Waals surface area (Å²) in [6.45, 7) is 7.25. The zero-order chi connectivity index (χ0) is 14.4. The first kappa shape index (κ1) is 15.1. The van der Waals surface area contributed by atoms with Crippen molar-refractivity contribution in [3.63, 3.8) is 0 Å². The van der Waals surface area contributed by atoms with Crippen LogP contribution in [0.3, 0.4) is 0 Å². The van der Waals surface area contributed by atoms with E-state index in [1.165, 1.54) is 0 Å². The van der Waals surface area contributed by atoms with Gasteiger partial charge >= 0.3 is 0 Å². The zero-order valence-electron chi connectivity index (χ0n) is 12.3. The van der Waals surface area contributed by atoms with Crippen molar-refractivity contribution in [2.45, 2.75) is 26.3 Å². The summed E-state index contributed by atoms with van der Waals surface area (Å²) in [5.41, 5.74) is 0.794. The molecule has 5 nitrogen and oxygen atoms in total. The average Bonchev–Trinajstić information content (AvgIpc) is 2.77. The molecule has 2 heterocycles. The SMILES string of the molecule is CCCn1cccc1C(=O)N1CCCN(CCO)CC1. The molecule has 0 saturated carbocycles. The standard InChI is InChI=1S/C15H25N3O2/c1-2-6-17-8-3-5-14(17)15(20)18-9-4-7-16(10-11-18)12-13-19/h3,5,8,19H,2,4,6-7,9-13H2,1H3. The van der Waals surface area contributed by atoms with Gasteiger partial charge in [0, 0.05) is 38.9 Å². The minimum atomic E-state index is 0.134. The van der Waals surface area contributed by atoms with Crippen molar-refractivity contribution in [2.24, 2.45) is 0 Å². The van der Waals surface area contributed by atoms with E-state index in [9.17, 15) is 4.79 Å². The van der Waals surface area contributed by atoms with Crippen LogP contribution in [0, 0.1) is 0 Å². The predicted molar refractivity (Wildman–Crippen MR) is 78.8 cm³/mol. The van der Waals surface area contributed by atoms with E-state index in [0.29, 0.717) is 6.54 Å². The summed E-state index contributed by atoms with van der Waals surface area (Å²) >= 11 is 0. The number of hydrogen-bond acceptors (Lipinski definition) is 3. The van der Waals surface area contributed by atoms with E-state index < -0.39 is 0 Å². The van der Waals surface area contributed by atoms with E-state index in [1.54, 1.807) is 0 Å². The molecule has 112 valence electrons. The summed E-state index contributed by atoms with van der Waals surface area (Å²) < 4.78 is 2.04. The highest BCUT2D eigenvalue weighted by molar-refractivity contribution is 5.92. The van der Waals surface area contributed by atoms with Crippen LogP contribution in [-0.4, -0.2) is 64.7 Å². The van der Waals surface area contributed by atoms with Crippen LogP contribution >= 0.6 is 0 Å². The molecule has 0 radical (unpaired) electrons. The molecule has 1 fully saturated rings. The lowest BCUT2D eigenvalue weighted by molar-refractivity contribution is 0.0749. The smallest absolute Gasteiger partial charge is 0.270 e. The van der Waals surface area contributed by atoms with Gasteiger partial charge in [0.05, 0.1) is 6.61 Å². The summed E-state index contributed by atoms with van der Waals surface area (Å²) in [4.78, 5) is 16.8. The Morgan fingerprint density at radius 3 is 2.85 bits per heavy atom. The van der Waals surface area contributed by atoms with Crippen molar-refractivity contribution < 1.29 is 9.90 Å². The summed E-state index contributed by atoms with van der Waals surface area (Å²) in [5, 5.41) is 9.01. The van der Waals surface area contributed by atoms with Gasteiger partial charge in [-0.15, -0.1) is 0 Å². The van der Waals surface area contributed by atoms with Gasteiger partial charge in [-0.2, -0.15) is 0 Å². The molecule has 1 N–H and O–H groups in total. The van der Waals surface area contributed by atoms with E-state index in [4.69, 9.17) is 5.11 Å². The molecular formula is C15H25N3O2. The molecule has 1 aromatic rings. The molecule has 0 aromatic carbocycles. The Morgan fingerprint density at radius 2 is 2.10 bits per heavy atom. The van der Waals surface area contributed by atoms with E-state index in [1.807, 2.05) is 27.8 Å². The van der Waals surface area contributed by atoms with Gasteiger partial charge < -0.3 is 14.6 Å². The fourth-order valence-corrected chi connectivity index (χ4v) is 2.75. The second-order valence-corrected chi connectivity index (χ2v) is 5.30. The molecular weight excluding hydrogens is 254 g/mol. The Kier molecular flexibility index (Phi) is 5.61. The highest BCUT2D eigenvalue weighted by atomic mass is 16.3. The van der Waals surface area contributed by atoms with Crippen LogP contribution < -0.4 is 0 Å². The number of carbonyl (C=O) groups is 1. The van der Waals surface area contributed by atoms with Crippen LogP contribution in [-0.2, 0) is 6.54 Å². The minimum Gasteiger partial charge on any atom is -0.395 e. The van der Waals surface area contributed by atoms with Crippen molar-refractivity contribution >= 4 is 5.91 Å². The second-order valence-electron chi connectivity index (χ2n) is 5.30. The van der Waals surface area contributed by atoms with Crippen molar-refractivity contribution in [1.82, 2.24) is 14.4 Å². The number of aromatic nitrogens is 1. The van der Waals surface area contributed by atoms with Crippen LogP contribution in [0.1, 0.15) is 30.3 Å². The Hall–Kier alpha value is -1.33. The molecule has 1 aromatic heterocycles. The van der Waals surface area contributed by atoms with Gasteiger partial charge in [-0.1, -0.05) is 6.92 Å². The molecule has 0 bridgehead atoms. The summed E-state index contributed by atoms with van der Waals surface area (Å²) in [5.74, 6) is 0.134. The fraction of sp³-hybridized carbons (Fsp3) is 0.667. The van der Waals surface area contributed by atoms with Crippen LogP contribution in [0.4, 0.5) is 0 Å². The van der Waals surface area contributed by atoms with Gasteiger partial charge in [0.25, 0.3) is 5.91 Å². The van der Waals surface area contributed by atoms with Crippen molar-refractivity contribution in [2.75, 3.05) is 39.3 Å². The van der Waals surface area contributed by atoms with Crippen molar-refractivity contribution in [1.29, 1.82) is 0 Å².